The Hall–Kier alpha value is -6.04. The number of carboxylic acid groups (broad SMARTS) is 1. The molecule has 0 aliphatic carbocycles. The third-order valence-corrected chi connectivity index (χ3v) is 9.08. The Morgan fingerprint density at radius 2 is 1.32 bits per heavy atom. The van der Waals surface area contributed by atoms with E-state index in [9.17, 15) is 48.6 Å². The molecule has 0 aromatic heterocycles. The molecule has 0 bridgehead atoms. The van der Waals surface area contributed by atoms with Gasteiger partial charge in [0.2, 0.25) is 41.4 Å². The minimum Gasteiger partial charge on any atom is -0.508 e. The molecule has 0 unspecified atom stereocenters. The maximum absolute atomic E-state index is 13.8. The molecule has 0 saturated heterocycles. The Bertz CT molecular complexity index is 1770. The number of nitrogens with one attached hydrogen (secondary N) is 7. The topological polar surface area (TPSA) is 287 Å². The van der Waals surface area contributed by atoms with E-state index in [4.69, 9.17) is 5.73 Å². The second-order valence-electron chi connectivity index (χ2n) is 14.4. The van der Waals surface area contributed by atoms with Gasteiger partial charge in [-0.15, -0.1) is 0 Å². The second-order valence-corrected chi connectivity index (χ2v) is 14.4. The van der Waals surface area contributed by atoms with E-state index in [1.165, 1.54) is 13.0 Å². The number of nitrogens with two attached hydrogens (primary N) is 1. The average molecular weight is 781 g/mol. The van der Waals surface area contributed by atoms with Gasteiger partial charge in [-0.25, -0.2) is 0 Å². The first-order valence-corrected chi connectivity index (χ1v) is 18.2. The molecular formula is C38H52N8O10. The van der Waals surface area contributed by atoms with Crippen LogP contribution in [0.2, 0.25) is 0 Å². The first kappa shape index (κ1) is 44.4. The summed E-state index contributed by atoms with van der Waals surface area (Å²) in [5.74, 6) is -7.74. The molecule has 56 heavy (non-hydrogen) atoms. The van der Waals surface area contributed by atoms with Gasteiger partial charge in [-0.1, -0.05) is 64.1 Å². The normalized spacial score (nSPS) is 16.2. The highest BCUT2D eigenvalue weighted by Gasteiger charge is 2.35. The molecule has 0 radical (unpaired) electrons. The van der Waals surface area contributed by atoms with Gasteiger partial charge in [0, 0.05) is 13.0 Å². The molecule has 3 rings (SSSR count). The number of carbonyl (C=O) groups is 8. The van der Waals surface area contributed by atoms with Crippen LogP contribution in [0.1, 0.15) is 57.7 Å². The maximum atomic E-state index is 13.8. The van der Waals surface area contributed by atoms with E-state index in [0.717, 1.165) is 11.1 Å². The highest BCUT2D eigenvalue weighted by molar-refractivity contribution is 5.98. The summed E-state index contributed by atoms with van der Waals surface area (Å²) in [5.41, 5.74) is 7.43. The lowest BCUT2D eigenvalue weighted by Gasteiger charge is -2.29. The van der Waals surface area contributed by atoms with Gasteiger partial charge >= 0.3 is 5.97 Å². The fraction of sp³-hybridized carbons (Fsp3) is 0.474. The van der Waals surface area contributed by atoms with Gasteiger partial charge in [0.15, 0.2) is 0 Å². The van der Waals surface area contributed by atoms with Crippen LogP contribution in [0.4, 0.5) is 0 Å². The number of hydrogen-bond donors (Lipinski definition) is 10. The monoisotopic (exact) mass is 780 g/mol. The van der Waals surface area contributed by atoms with Crippen molar-refractivity contribution in [1.82, 2.24) is 37.2 Å². The Kier molecular flexibility index (Phi) is 16.3. The van der Waals surface area contributed by atoms with Gasteiger partial charge in [-0.3, -0.25) is 38.4 Å². The van der Waals surface area contributed by atoms with Crippen molar-refractivity contribution in [3.05, 3.63) is 65.2 Å². The molecule has 6 atom stereocenters. The third-order valence-electron chi connectivity index (χ3n) is 9.08. The first-order chi connectivity index (χ1) is 26.4. The summed E-state index contributed by atoms with van der Waals surface area (Å²) < 4.78 is 0. The maximum Gasteiger partial charge on any atom is 0.305 e. The van der Waals surface area contributed by atoms with E-state index >= 15 is 0 Å². The number of fused-ring (bicyclic) bond motifs is 1. The van der Waals surface area contributed by atoms with E-state index in [2.05, 4.69) is 37.2 Å². The molecule has 1 aliphatic rings. The summed E-state index contributed by atoms with van der Waals surface area (Å²) in [4.78, 5) is 103. The molecule has 0 fully saturated rings. The van der Waals surface area contributed by atoms with Crippen LogP contribution in [0.25, 0.3) is 0 Å². The molecule has 1 aliphatic heterocycles. The third kappa shape index (κ3) is 13.4. The molecule has 2 aromatic rings. The minimum atomic E-state index is -1.71. The van der Waals surface area contributed by atoms with Crippen molar-refractivity contribution in [1.29, 1.82) is 0 Å². The van der Waals surface area contributed by atoms with Crippen molar-refractivity contribution >= 4 is 47.3 Å². The SMILES string of the molecule is CC(C)[C@H](NC(=O)[C@H](CC(=O)O)NC(=O)[C@H](Cc1ccccc1)NC(=O)[C@@H](C)NC(=O)[C@@H]1Cc2ccc(O)cc2CN1)C(=O)N[C@H](C(=O)NCC(N)=O)C(C)C. The van der Waals surface area contributed by atoms with Gasteiger partial charge in [-0.2, -0.15) is 0 Å². The molecule has 0 spiro atoms. The summed E-state index contributed by atoms with van der Waals surface area (Å²) in [5, 5.41) is 37.5. The fourth-order valence-electron chi connectivity index (χ4n) is 5.93. The summed E-state index contributed by atoms with van der Waals surface area (Å²) >= 11 is 0. The van der Waals surface area contributed by atoms with Crippen molar-refractivity contribution in [3.8, 4) is 5.75 Å². The number of amides is 7. The largest absolute Gasteiger partial charge is 0.508 e. The Morgan fingerprint density at radius 1 is 0.732 bits per heavy atom. The number of carboxylic acids is 1. The number of phenols is 1. The zero-order valence-electron chi connectivity index (χ0n) is 32.0. The van der Waals surface area contributed by atoms with Crippen molar-refractivity contribution < 1.29 is 48.6 Å². The quantitative estimate of drug-likeness (QED) is 0.0782. The van der Waals surface area contributed by atoms with Gasteiger partial charge in [0.1, 0.15) is 36.0 Å². The number of rotatable bonds is 19. The second kappa shape index (κ2) is 20.6. The molecule has 0 saturated carbocycles. The highest BCUT2D eigenvalue weighted by atomic mass is 16.4. The molecule has 11 N–H and O–H groups in total. The zero-order chi connectivity index (χ0) is 41.7. The van der Waals surface area contributed by atoms with Crippen LogP contribution in [0.5, 0.6) is 5.75 Å². The number of phenolic OH excluding ortho intramolecular Hbond substituents is 1. The zero-order valence-corrected chi connectivity index (χ0v) is 32.0. The lowest BCUT2D eigenvalue weighted by Crippen LogP contribution is -2.61. The van der Waals surface area contributed by atoms with E-state index < -0.39 is 108 Å². The van der Waals surface area contributed by atoms with Crippen LogP contribution < -0.4 is 43.0 Å². The fourth-order valence-corrected chi connectivity index (χ4v) is 5.93. The lowest BCUT2D eigenvalue weighted by molar-refractivity contribution is -0.141. The molecule has 304 valence electrons. The summed E-state index contributed by atoms with van der Waals surface area (Å²) in [6.45, 7) is 7.80. The van der Waals surface area contributed by atoms with Gasteiger partial charge in [0.25, 0.3) is 0 Å². The standard InChI is InChI=1S/C38H52N8O10/c1-19(2)31(37(55)41-18-29(39)48)46-38(56)32(20(3)4)45-36(54)28(16-30(49)50)44-35(53)27(13-22-9-7-6-8-10-22)43-33(51)21(5)42-34(52)26-15-23-11-12-25(47)14-24(23)17-40-26/h6-12,14,19-21,26-28,31-32,40,47H,13,15-18H2,1-5H3,(H2,39,48)(H,41,55)(H,42,52)(H,43,51)(H,44,53)(H,45,54)(H,46,56)(H,49,50)/t21-,26+,27+,28+,31+,32+/m1/s1. The van der Waals surface area contributed by atoms with Crippen LogP contribution >= 0.6 is 0 Å². The van der Waals surface area contributed by atoms with Crippen LogP contribution in [-0.4, -0.2) is 100 Å². The Balaban J connectivity index is 1.75. The molecule has 7 amide bonds. The number of primary amides is 1. The first-order valence-electron chi connectivity index (χ1n) is 18.2. The van der Waals surface area contributed by atoms with Crippen LogP contribution in [0.15, 0.2) is 48.5 Å². The molecule has 1 heterocycles. The van der Waals surface area contributed by atoms with Crippen LogP contribution in [-0.2, 0) is 57.7 Å². The molecule has 18 nitrogen and oxygen atoms in total. The van der Waals surface area contributed by atoms with Crippen molar-refractivity contribution in [2.45, 2.75) is 96.7 Å². The van der Waals surface area contributed by atoms with Gasteiger partial charge in [-0.05, 0) is 54.0 Å². The van der Waals surface area contributed by atoms with Gasteiger partial charge < -0.3 is 53.2 Å². The predicted octanol–water partition coefficient (Wildman–Crippen LogP) is -1.52. The van der Waals surface area contributed by atoms with E-state index in [0.29, 0.717) is 18.5 Å². The van der Waals surface area contributed by atoms with E-state index in [-0.39, 0.29) is 12.2 Å². The summed E-state index contributed by atoms with van der Waals surface area (Å²) in [6, 6.07) is 6.22. The smallest absolute Gasteiger partial charge is 0.305 e. The van der Waals surface area contributed by atoms with Gasteiger partial charge in [0.05, 0.1) is 19.0 Å². The Morgan fingerprint density at radius 3 is 1.93 bits per heavy atom. The van der Waals surface area contributed by atoms with Crippen molar-refractivity contribution in [2.75, 3.05) is 6.54 Å². The molecule has 18 heteroatoms. The van der Waals surface area contributed by atoms with E-state index in [1.807, 2.05) is 0 Å². The number of aromatic hydroxyl groups is 1. The minimum absolute atomic E-state index is 0.0697. The lowest BCUT2D eigenvalue weighted by atomic mass is 9.95. The number of hydrogen-bond acceptors (Lipinski definition) is 10. The number of benzene rings is 2. The molecule has 2 aromatic carbocycles. The van der Waals surface area contributed by atoms with Crippen molar-refractivity contribution in [2.24, 2.45) is 17.6 Å². The Labute approximate surface area is 324 Å². The average Bonchev–Trinajstić information content (AvgIpc) is 3.13. The van der Waals surface area contributed by atoms with Crippen LogP contribution in [0, 0.1) is 11.8 Å². The number of aliphatic carboxylic acids is 1. The highest BCUT2D eigenvalue weighted by Crippen LogP contribution is 2.21. The van der Waals surface area contributed by atoms with Crippen molar-refractivity contribution in [3.63, 3.8) is 0 Å². The number of carbonyl (C=O) groups excluding carboxylic acids is 7. The van der Waals surface area contributed by atoms with E-state index in [1.54, 1.807) is 70.2 Å². The summed E-state index contributed by atoms with van der Waals surface area (Å²) in [6.07, 6.45) is -0.644. The van der Waals surface area contributed by atoms with Crippen LogP contribution in [0.3, 0.4) is 0 Å². The predicted molar refractivity (Wildman–Crippen MR) is 202 cm³/mol. The molecular weight excluding hydrogens is 728 g/mol. The summed E-state index contributed by atoms with van der Waals surface area (Å²) in [7, 11) is 0.